The van der Waals surface area contributed by atoms with E-state index in [0.29, 0.717) is 0 Å². The quantitative estimate of drug-likeness (QED) is 0.129. The first kappa shape index (κ1) is 32.3. The molecule has 11 aromatic rings. The maximum atomic E-state index is 6.76. The summed E-state index contributed by atoms with van der Waals surface area (Å²) in [6.45, 7) is 0. The summed E-state index contributed by atoms with van der Waals surface area (Å²) in [7, 11) is -2.74. The summed E-state index contributed by atoms with van der Waals surface area (Å²) in [5.74, 6) is 2.38. The lowest BCUT2D eigenvalue weighted by molar-refractivity contribution is 0.484. The number of imidazole rings is 1. The van der Waals surface area contributed by atoms with E-state index in [2.05, 4.69) is 179 Å². The van der Waals surface area contributed by atoms with Crippen LogP contribution in [-0.4, -0.2) is 27.0 Å². The van der Waals surface area contributed by atoms with Gasteiger partial charge in [-0.15, -0.1) is 0 Å². The minimum atomic E-state index is -2.74. The Morgan fingerprint density at radius 2 is 1.21 bits per heavy atom. The molecule has 0 amide bonds. The maximum Gasteiger partial charge on any atom is 0.181 e. The fourth-order valence-electron chi connectivity index (χ4n) is 9.29. The minimum absolute atomic E-state index is 0.756. The predicted molar refractivity (Wildman–Crippen MR) is 237 cm³/mol. The van der Waals surface area contributed by atoms with Gasteiger partial charge in [0.25, 0.3) is 0 Å². The first-order valence-corrected chi connectivity index (χ1v) is 22.0. The molecule has 57 heavy (non-hydrogen) atoms. The van der Waals surface area contributed by atoms with E-state index in [-0.39, 0.29) is 0 Å². The van der Waals surface area contributed by atoms with E-state index in [1.54, 1.807) is 0 Å². The van der Waals surface area contributed by atoms with E-state index in [1.165, 1.54) is 46.7 Å². The fraction of sp³-hybridized carbons (Fsp3) is 0. The molecular weight excluding hydrogens is 733 g/mol. The van der Waals surface area contributed by atoms with E-state index >= 15 is 0 Å². The number of hydrogen-bond donors (Lipinski definition) is 0. The summed E-state index contributed by atoms with van der Waals surface area (Å²) in [5, 5.41) is 11.4. The molecule has 0 saturated carbocycles. The zero-order chi connectivity index (χ0) is 37.5. The molecular formula is C50H32N4OSSi. The third-order valence-electron chi connectivity index (χ3n) is 11.6. The maximum absolute atomic E-state index is 6.76. The van der Waals surface area contributed by atoms with Crippen LogP contribution in [0.5, 0.6) is 11.5 Å². The van der Waals surface area contributed by atoms with Gasteiger partial charge in [-0.1, -0.05) is 121 Å². The van der Waals surface area contributed by atoms with E-state index in [1.807, 2.05) is 36.4 Å². The standard InChI is InChI=1S/C50H32N4OSSi/c1-3-13-35(14-4-1)57(36-15-5-2-6-16-36)45-20-10-9-19-44(45)56-49-46(57)27-26-42-48(49)39-25-23-34(32-43(39)54(42)47-21-11-12-28-51-47)55-33-22-24-37-38-17-7-8-18-41(38)53-30-29-52-50(53)40(37)31-33/h1-32H. The van der Waals surface area contributed by atoms with Crippen molar-refractivity contribution < 1.29 is 4.74 Å². The van der Waals surface area contributed by atoms with E-state index < -0.39 is 8.07 Å². The lowest BCUT2D eigenvalue weighted by Gasteiger charge is -2.40. The molecule has 4 aromatic heterocycles. The smallest absolute Gasteiger partial charge is 0.181 e. The molecule has 0 unspecified atom stereocenters. The monoisotopic (exact) mass is 764 g/mol. The Morgan fingerprint density at radius 3 is 2.02 bits per heavy atom. The number of rotatable bonds is 5. The number of ether oxygens (including phenoxy) is 1. The van der Waals surface area contributed by atoms with E-state index in [9.17, 15) is 0 Å². The largest absolute Gasteiger partial charge is 0.457 e. The Hall–Kier alpha value is -6.93. The molecule has 0 aliphatic carbocycles. The van der Waals surface area contributed by atoms with Gasteiger partial charge in [-0.3, -0.25) is 8.97 Å². The third kappa shape index (κ3) is 4.70. The lowest BCUT2D eigenvalue weighted by Crippen LogP contribution is -2.76. The van der Waals surface area contributed by atoms with Gasteiger partial charge >= 0.3 is 0 Å². The van der Waals surface area contributed by atoms with Gasteiger partial charge in [-0.25, -0.2) is 9.97 Å². The van der Waals surface area contributed by atoms with Gasteiger partial charge in [-0.2, -0.15) is 0 Å². The Morgan fingerprint density at radius 1 is 0.491 bits per heavy atom. The molecule has 7 heteroatoms. The van der Waals surface area contributed by atoms with Crippen LogP contribution in [0, 0.1) is 0 Å². The van der Waals surface area contributed by atoms with Crippen molar-refractivity contribution in [3.63, 3.8) is 0 Å². The van der Waals surface area contributed by atoms with E-state index in [0.717, 1.165) is 50.3 Å². The van der Waals surface area contributed by atoms with Gasteiger partial charge in [0.2, 0.25) is 0 Å². The van der Waals surface area contributed by atoms with Crippen molar-refractivity contribution in [1.29, 1.82) is 0 Å². The molecule has 5 heterocycles. The van der Waals surface area contributed by atoms with Crippen LogP contribution < -0.4 is 25.5 Å². The molecule has 12 rings (SSSR count). The summed E-state index contributed by atoms with van der Waals surface area (Å²) in [5.41, 5.74) is 4.21. The SMILES string of the molecule is c1ccc([Si]2(c3ccccc3)c3ccccc3Sc3c2ccc2c3c3ccc(Oc4ccc5c6ccccc6n6ccnc6c5c4)cc3n2-c2ccccn2)cc1. The fourth-order valence-corrected chi connectivity index (χ4v) is 16.4. The van der Waals surface area contributed by atoms with Crippen molar-refractivity contribution in [3.8, 4) is 17.3 Å². The van der Waals surface area contributed by atoms with Crippen molar-refractivity contribution in [2.45, 2.75) is 9.79 Å². The van der Waals surface area contributed by atoms with Crippen LogP contribution in [0.1, 0.15) is 0 Å². The number of para-hydroxylation sites is 1. The summed E-state index contributed by atoms with van der Waals surface area (Å²) in [6.07, 6.45) is 5.76. The second-order valence-electron chi connectivity index (χ2n) is 14.6. The normalized spacial score (nSPS) is 13.3. The van der Waals surface area contributed by atoms with Crippen LogP contribution in [0.15, 0.2) is 204 Å². The number of pyridine rings is 2. The Bertz CT molecular complexity index is 3320. The van der Waals surface area contributed by atoms with Gasteiger partial charge in [-0.05, 0) is 86.8 Å². The highest BCUT2D eigenvalue weighted by Gasteiger charge is 2.47. The molecule has 0 N–H and O–H groups in total. The first-order valence-electron chi connectivity index (χ1n) is 19.1. The van der Waals surface area contributed by atoms with Crippen molar-refractivity contribution in [2.75, 3.05) is 0 Å². The van der Waals surface area contributed by atoms with Gasteiger partial charge in [0.05, 0.1) is 16.6 Å². The summed E-state index contributed by atoms with van der Waals surface area (Å²) in [6, 6.07) is 63.7. The number of nitrogens with zero attached hydrogens (tertiary/aromatic N) is 4. The zero-order valence-electron chi connectivity index (χ0n) is 30.6. The highest BCUT2D eigenvalue weighted by atomic mass is 32.2. The molecule has 0 spiro atoms. The molecule has 5 nitrogen and oxygen atoms in total. The molecule has 7 aromatic carbocycles. The molecule has 268 valence electrons. The van der Waals surface area contributed by atoms with Crippen LogP contribution in [0.4, 0.5) is 0 Å². The number of aromatic nitrogens is 4. The zero-order valence-corrected chi connectivity index (χ0v) is 32.4. The summed E-state index contributed by atoms with van der Waals surface area (Å²) in [4.78, 5) is 12.3. The molecule has 0 fully saturated rings. The highest BCUT2D eigenvalue weighted by Crippen LogP contribution is 2.44. The Labute approximate surface area is 333 Å². The molecule has 0 saturated heterocycles. The topological polar surface area (TPSA) is 44.4 Å². The van der Waals surface area contributed by atoms with Crippen LogP contribution in [0.3, 0.4) is 0 Å². The average molecular weight is 765 g/mol. The molecule has 0 radical (unpaired) electrons. The second kappa shape index (κ2) is 12.5. The molecule has 0 atom stereocenters. The predicted octanol–water partition coefficient (Wildman–Crippen LogP) is 9.77. The van der Waals surface area contributed by atoms with Crippen LogP contribution in [-0.2, 0) is 0 Å². The lowest BCUT2D eigenvalue weighted by atomic mass is 10.1. The van der Waals surface area contributed by atoms with Gasteiger partial charge in [0.15, 0.2) is 8.07 Å². The van der Waals surface area contributed by atoms with Crippen LogP contribution in [0.25, 0.3) is 54.9 Å². The van der Waals surface area contributed by atoms with Crippen molar-refractivity contribution in [2.24, 2.45) is 0 Å². The minimum Gasteiger partial charge on any atom is -0.457 e. The number of hydrogen-bond acceptors (Lipinski definition) is 4. The Balaban J connectivity index is 1.10. The highest BCUT2D eigenvalue weighted by molar-refractivity contribution is 8.00. The van der Waals surface area contributed by atoms with Crippen molar-refractivity contribution in [3.05, 3.63) is 195 Å². The van der Waals surface area contributed by atoms with Gasteiger partial charge < -0.3 is 4.74 Å². The first-order chi connectivity index (χ1) is 28.3. The summed E-state index contributed by atoms with van der Waals surface area (Å²) >= 11 is 1.90. The van der Waals surface area contributed by atoms with Crippen molar-refractivity contribution in [1.82, 2.24) is 18.9 Å². The third-order valence-corrected chi connectivity index (χ3v) is 18.1. The molecule has 0 bridgehead atoms. The van der Waals surface area contributed by atoms with Gasteiger partial charge in [0.1, 0.15) is 23.0 Å². The van der Waals surface area contributed by atoms with Gasteiger partial charge in [0, 0.05) is 56.0 Å². The van der Waals surface area contributed by atoms with Crippen LogP contribution in [0.2, 0.25) is 0 Å². The second-order valence-corrected chi connectivity index (χ2v) is 19.4. The van der Waals surface area contributed by atoms with Crippen molar-refractivity contribution >= 4 is 89.7 Å². The molecule has 1 aliphatic heterocycles. The molecule has 1 aliphatic rings. The summed E-state index contributed by atoms with van der Waals surface area (Å²) < 4.78 is 11.2. The van der Waals surface area contributed by atoms with E-state index in [4.69, 9.17) is 14.7 Å². The average Bonchev–Trinajstić information content (AvgIpc) is 3.91. The Kier molecular flexibility index (Phi) is 7.11. The van der Waals surface area contributed by atoms with Crippen LogP contribution >= 0.6 is 11.8 Å². The number of fused-ring (bicyclic) bond motifs is 12. The number of benzene rings is 7.